The molecule has 3 rings (SSSR count). The molecule has 1 spiro atoms. The Morgan fingerprint density at radius 3 is 1.76 bits per heavy atom. The minimum absolute atomic E-state index is 0.180. The Morgan fingerprint density at radius 2 is 1.38 bits per heavy atom. The molecule has 198 valence electrons. The maximum Gasteiger partial charge on any atom is 0.410 e. The summed E-state index contributed by atoms with van der Waals surface area (Å²) in [6.07, 6.45) is 8.60. The van der Waals surface area contributed by atoms with E-state index in [1.807, 2.05) is 25.7 Å². The molecular weight excluding hydrogens is 426 g/mol. The molecule has 3 fully saturated rings. The van der Waals surface area contributed by atoms with Crippen LogP contribution in [0.5, 0.6) is 0 Å². The average molecular weight is 480 g/mol. The lowest BCUT2D eigenvalue weighted by Gasteiger charge is -2.46. The lowest BCUT2D eigenvalue weighted by molar-refractivity contribution is -0.136. The third-order valence-electron chi connectivity index (χ3n) is 7.98. The molecule has 1 aliphatic carbocycles. The molecule has 2 aliphatic heterocycles. The molecule has 1 saturated carbocycles. The fourth-order valence-corrected chi connectivity index (χ4v) is 5.99. The van der Waals surface area contributed by atoms with Gasteiger partial charge >= 0.3 is 6.09 Å². The molecule has 0 bridgehead atoms. The Balaban J connectivity index is 0.000000387. The van der Waals surface area contributed by atoms with E-state index in [0.29, 0.717) is 23.4 Å². The van der Waals surface area contributed by atoms with E-state index in [0.717, 1.165) is 71.2 Å². The van der Waals surface area contributed by atoms with Crippen LogP contribution in [0.15, 0.2) is 0 Å². The highest BCUT2D eigenvalue weighted by molar-refractivity contribution is 5.79. The van der Waals surface area contributed by atoms with Gasteiger partial charge in [-0.25, -0.2) is 4.79 Å². The van der Waals surface area contributed by atoms with Gasteiger partial charge in [0, 0.05) is 44.2 Å². The number of hydrogen-bond acceptors (Lipinski definition) is 4. The van der Waals surface area contributed by atoms with E-state index in [-0.39, 0.29) is 12.0 Å². The van der Waals surface area contributed by atoms with E-state index in [1.54, 1.807) is 0 Å². The predicted octanol–water partition coefficient (Wildman–Crippen LogP) is 5.94. The minimum atomic E-state index is -0.430. The third kappa shape index (κ3) is 8.42. The molecule has 2 amide bonds. The number of likely N-dealkylation sites (tertiary alicyclic amines) is 2. The zero-order valence-corrected chi connectivity index (χ0v) is 23.5. The molecule has 0 aromatic carbocycles. The van der Waals surface area contributed by atoms with Gasteiger partial charge in [0.15, 0.2) is 0 Å². The smallest absolute Gasteiger partial charge is 0.410 e. The van der Waals surface area contributed by atoms with Crippen LogP contribution in [-0.4, -0.2) is 77.1 Å². The summed E-state index contributed by atoms with van der Waals surface area (Å²) in [5, 5.41) is 0. The normalized spacial score (nSPS) is 21.3. The van der Waals surface area contributed by atoms with Crippen molar-refractivity contribution in [1.29, 1.82) is 0 Å². The first kappa shape index (κ1) is 28.9. The largest absolute Gasteiger partial charge is 0.444 e. The van der Waals surface area contributed by atoms with Gasteiger partial charge in [0.25, 0.3) is 0 Å². The van der Waals surface area contributed by atoms with Crippen LogP contribution in [0.1, 0.15) is 107 Å². The highest BCUT2D eigenvalue weighted by atomic mass is 16.6. The molecule has 6 nitrogen and oxygen atoms in total. The first-order valence-electron chi connectivity index (χ1n) is 13.9. The molecule has 6 heteroatoms. The average Bonchev–Trinajstić information content (AvgIpc) is 3.28. The highest BCUT2D eigenvalue weighted by Crippen LogP contribution is 2.46. The van der Waals surface area contributed by atoms with Crippen molar-refractivity contribution in [3.05, 3.63) is 0 Å². The van der Waals surface area contributed by atoms with Crippen molar-refractivity contribution in [3.8, 4) is 0 Å². The lowest BCUT2D eigenvalue weighted by atomic mass is 9.65. The summed E-state index contributed by atoms with van der Waals surface area (Å²) in [6, 6.07) is 1.38. The van der Waals surface area contributed by atoms with E-state index >= 15 is 0 Å². The number of rotatable bonds is 4. The standard InChI is InChI=1S/C20H34N2O3.C8H19N/c1-19(2,3)25-18(24)22-14-10-20(11-15-22)8-6-16(7-9-20)17(23)21-12-4-5-13-21;1-6-9(7(2)3)8(4)5/h16H,4-15H2,1-3H3;7-8H,6H2,1-5H3. The van der Waals surface area contributed by atoms with E-state index in [4.69, 9.17) is 4.74 Å². The molecule has 0 atom stereocenters. The molecule has 0 radical (unpaired) electrons. The van der Waals surface area contributed by atoms with Crippen molar-refractivity contribution in [3.63, 3.8) is 0 Å². The SMILES string of the molecule is CC(C)(C)OC(=O)N1CCC2(CCC(C(=O)N3CCCC3)CC2)CC1.CCN(C(C)C)C(C)C. The molecule has 0 N–H and O–H groups in total. The third-order valence-corrected chi connectivity index (χ3v) is 7.98. The molecule has 3 aliphatic rings. The number of amides is 2. The first-order valence-corrected chi connectivity index (χ1v) is 13.9. The molecule has 2 saturated heterocycles. The maximum atomic E-state index is 12.6. The Bertz CT molecular complexity index is 624. The highest BCUT2D eigenvalue weighted by Gasteiger charge is 2.41. The van der Waals surface area contributed by atoms with E-state index in [2.05, 4.69) is 44.4 Å². The monoisotopic (exact) mass is 479 g/mol. The number of nitrogens with zero attached hydrogens (tertiary/aromatic N) is 3. The van der Waals surface area contributed by atoms with Gasteiger partial charge < -0.3 is 14.5 Å². The molecule has 34 heavy (non-hydrogen) atoms. The second kappa shape index (κ2) is 12.6. The Hall–Kier alpha value is -1.30. The number of carbonyl (C=O) groups is 2. The van der Waals surface area contributed by atoms with Crippen LogP contribution in [0.2, 0.25) is 0 Å². The molecule has 0 aromatic rings. The summed E-state index contributed by atoms with van der Waals surface area (Å²) < 4.78 is 5.50. The van der Waals surface area contributed by atoms with Crippen LogP contribution >= 0.6 is 0 Å². The van der Waals surface area contributed by atoms with Crippen molar-refractivity contribution in [2.24, 2.45) is 11.3 Å². The Kier molecular flexibility index (Phi) is 10.7. The molecule has 2 heterocycles. The van der Waals surface area contributed by atoms with Crippen molar-refractivity contribution in [1.82, 2.24) is 14.7 Å². The van der Waals surface area contributed by atoms with Crippen molar-refractivity contribution in [2.75, 3.05) is 32.7 Å². The lowest BCUT2D eigenvalue weighted by Crippen LogP contribution is -2.47. The van der Waals surface area contributed by atoms with Gasteiger partial charge in [-0.05, 0) is 112 Å². The second-order valence-corrected chi connectivity index (χ2v) is 12.3. The van der Waals surface area contributed by atoms with Gasteiger partial charge in [-0.15, -0.1) is 0 Å². The van der Waals surface area contributed by atoms with Gasteiger partial charge in [-0.1, -0.05) is 6.92 Å². The van der Waals surface area contributed by atoms with Gasteiger partial charge in [0.2, 0.25) is 5.91 Å². The van der Waals surface area contributed by atoms with Crippen LogP contribution in [0, 0.1) is 11.3 Å². The molecule has 0 unspecified atom stereocenters. The summed E-state index contributed by atoms with van der Waals surface area (Å²) >= 11 is 0. The fourth-order valence-electron chi connectivity index (χ4n) is 5.99. The number of carbonyl (C=O) groups excluding carboxylic acids is 2. The summed E-state index contributed by atoms with van der Waals surface area (Å²) in [4.78, 5) is 31.2. The number of ether oxygens (including phenoxy) is 1. The summed E-state index contributed by atoms with van der Waals surface area (Å²) in [5.74, 6) is 0.645. The summed E-state index contributed by atoms with van der Waals surface area (Å²) in [7, 11) is 0. The van der Waals surface area contributed by atoms with Crippen molar-refractivity contribution in [2.45, 2.75) is 124 Å². The Morgan fingerprint density at radius 1 is 0.882 bits per heavy atom. The zero-order chi connectivity index (χ0) is 25.5. The molecule has 0 aromatic heterocycles. The van der Waals surface area contributed by atoms with Crippen molar-refractivity contribution >= 4 is 12.0 Å². The van der Waals surface area contributed by atoms with Crippen LogP contribution in [0.4, 0.5) is 4.79 Å². The van der Waals surface area contributed by atoms with Crippen molar-refractivity contribution < 1.29 is 14.3 Å². The fraction of sp³-hybridized carbons (Fsp3) is 0.929. The zero-order valence-electron chi connectivity index (χ0n) is 23.5. The van der Waals surface area contributed by atoms with Crippen LogP contribution in [0.3, 0.4) is 0 Å². The van der Waals surface area contributed by atoms with E-state index in [9.17, 15) is 9.59 Å². The van der Waals surface area contributed by atoms with Gasteiger partial charge in [0.1, 0.15) is 5.60 Å². The molecular formula is C28H53N3O3. The number of piperidine rings is 1. The van der Waals surface area contributed by atoms with Gasteiger partial charge in [-0.2, -0.15) is 0 Å². The summed E-state index contributed by atoms with van der Waals surface area (Å²) in [5.41, 5.74) is -0.0828. The van der Waals surface area contributed by atoms with E-state index in [1.165, 1.54) is 12.8 Å². The van der Waals surface area contributed by atoms with Gasteiger partial charge in [-0.3, -0.25) is 9.69 Å². The predicted molar refractivity (Wildman–Crippen MR) is 140 cm³/mol. The first-order chi connectivity index (χ1) is 15.9. The quantitative estimate of drug-likeness (QED) is 0.501. The second-order valence-electron chi connectivity index (χ2n) is 12.3. The maximum absolute atomic E-state index is 12.6. The van der Waals surface area contributed by atoms with Gasteiger partial charge in [0.05, 0.1) is 0 Å². The Labute approximate surface area is 209 Å². The van der Waals surface area contributed by atoms with Crippen LogP contribution < -0.4 is 0 Å². The van der Waals surface area contributed by atoms with Crippen LogP contribution in [-0.2, 0) is 9.53 Å². The topological polar surface area (TPSA) is 53.1 Å². The number of hydrogen-bond donors (Lipinski definition) is 0. The summed E-state index contributed by atoms with van der Waals surface area (Å²) in [6.45, 7) is 21.6. The van der Waals surface area contributed by atoms with E-state index < -0.39 is 5.60 Å². The minimum Gasteiger partial charge on any atom is -0.444 e. The van der Waals surface area contributed by atoms with Crippen LogP contribution in [0.25, 0.3) is 0 Å².